The quantitative estimate of drug-likeness (QED) is 0.493. The summed E-state index contributed by atoms with van der Waals surface area (Å²) in [4.78, 5) is 45.6. The number of carbonyl (C=O) groups excluding carboxylic acids is 3. The van der Waals surface area contributed by atoms with Crippen LogP contribution in [0.2, 0.25) is 0 Å². The van der Waals surface area contributed by atoms with Crippen LogP contribution in [0.1, 0.15) is 34.5 Å². The number of hydrogen-bond acceptors (Lipinski definition) is 5. The highest BCUT2D eigenvalue weighted by Gasteiger charge is 2.27. The third-order valence-electron chi connectivity index (χ3n) is 5.41. The number of aromatic nitrogens is 2. The zero-order valence-electron chi connectivity index (χ0n) is 18.1. The summed E-state index contributed by atoms with van der Waals surface area (Å²) in [5.41, 5.74) is 2.74. The number of nitrogens with one attached hydrogen (secondary N) is 3. The van der Waals surface area contributed by atoms with E-state index in [2.05, 4.69) is 25.9 Å². The van der Waals surface area contributed by atoms with Gasteiger partial charge in [0.1, 0.15) is 6.04 Å². The van der Waals surface area contributed by atoms with Gasteiger partial charge in [-0.15, -0.1) is 0 Å². The Kier molecular flexibility index (Phi) is 7.04. The first-order valence-corrected chi connectivity index (χ1v) is 10.9. The van der Waals surface area contributed by atoms with Crippen LogP contribution in [-0.4, -0.2) is 40.3 Å². The van der Waals surface area contributed by atoms with E-state index in [9.17, 15) is 14.4 Å². The van der Waals surface area contributed by atoms with Gasteiger partial charge in [0.2, 0.25) is 11.8 Å². The highest BCUT2D eigenvalue weighted by molar-refractivity contribution is 5.95. The van der Waals surface area contributed by atoms with E-state index in [0.717, 1.165) is 11.1 Å². The predicted molar refractivity (Wildman–Crippen MR) is 123 cm³/mol. The summed E-state index contributed by atoms with van der Waals surface area (Å²) in [6, 6.07) is 18.6. The Morgan fingerprint density at radius 1 is 1.00 bits per heavy atom. The third kappa shape index (κ3) is 5.79. The Labute approximate surface area is 191 Å². The lowest BCUT2D eigenvalue weighted by molar-refractivity contribution is -0.125. The minimum Gasteiger partial charge on any atom is -0.354 e. The molecule has 1 saturated heterocycles. The second-order valence-electron chi connectivity index (χ2n) is 7.79. The van der Waals surface area contributed by atoms with E-state index < -0.39 is 6.04 Å². The van der Waals surface area contributed by atoms with Crippen LogP contribution < -0.4 is 16.0 Å². The number of rotatable bonds is 8. The summed E-state index contributed by atoms with van der Waals surface area (Å²) in [6.07, 6.45) is 2.73. The average molecular weight is 444 g/mol. The zero-order valence-corrected chi connectivity index (χ0v) is 18.1. The van der Waals surface area contributed by atoms with Crippen molar-refractivity contribution in [2.45, 2.75) is 31.8 Å². The van der Waals surface area contributed by atoms with Crippen molar-refractivity contribution in [3.8, 4) is 11.4 Å². The number of carbonyl (C=O) groups is 3. The molecule has 0 unspecified atom stereocenters. The standard InChI is InChI=1S/C25H25N5O3/c31-22-12-11-21(29-22)25(33)26-14-13-20-19(24(32)28-15-17-7-3-1-4-8-17)16-27-23(30-20)18-9-5-2-6-10-18/h1-10,16,21H,11-15H2,(H,26,33)(H,28,32)(H,29,31)/t21-/m0/s1. The van der Waals surface area contributed by atoms with Gasteiger partial charge in [-0.3, -0.25) is 14.4 Å². The van der Waals surface area contributed by atoms with Crippen molar-refractivity contribution in [2.75, 3.05) is 6.54 Å². The first-order valence-electron chi connectivity index (χ1n) is 10.9. The molecule has 3 amide bonds. The monoisotopic (exact) mass is 443 g/mol. The van der Waals surface area contributed by atoms with Crippen molar-refractivity contribution in [3.05, 3.63) is 83.7 Å². The fraction of sp³-hybridized carbons (Fsp3) is 0.240. The van der Waals surface area contributed by atoms with Gasteiger partial charge in [-0.1, -0.05) is 60.7 Å². The maximum Gasteiger partial charge on any atom is 0.254 e. The van der Waals surface area contributed by atoms with Crippen molar-refractivity contribution in [1.29, 1.82) is 0 Å². The maximum atomic E-state index is 12.9. The average Bonchev–Trinajstić information content (AvgIpc) is 3.30. The summed E-state index contributed by atoms with van der Waals surface area (Å²) in [5.74, 6) is -0.105. The fourth-order valence-corrected chi connectivity index (χ4v) is 3.64. The van der Waals surface area contributed by atoms with Crippen LogP contribution >= 0.6 is 0 Å². The molecule has 0 spiro atoms. The minimum absolute atomic E-state index is 0.115. The first-order chi connectivity index (χ1) is 16.1. The van der Waals surface area contributed by atoms with Gasteiger partial charge >= 0.3 is 0 Å². The molecule has 0 bridgehead atoms. The smallest absolute Gasteiger partial charge is 0.254 e. The van der Waals surface area contributed by atoms with Crippen molar-refractivity contribution in [2.24, 2.45) is 0 Å². The van der Waals surface area contributed by atoms with Crippen molar-refractivity contribution >= 4 is 17.7 Å². The minimum atomic E-state index is -0.503. The highest BCUT2D eigenvalue weighted by Crippen LogP contribution is 2.17. The second-order valence-corrected chi connectivity index (χ2v) is 7.79. The number of hydrogen-bond donors (Lipinski definition) is 3. The summed E-state index contributed by atoms with van der Waals surface area (Å²) in [5, 5.41) is 8.40. The Morgan fingerprint density at radius 2 is 1.73 bits per heavy atom. The molecule has 2 heterocycles. The molecule has 33 heavy (non-hydrogen) atoms. The number of benzene rings is 2. The molecule has 8 nitrogen and oxygen atoms in total. The van der Waals surface area contributed by atoms with Crippen LogP contribution in [0.4, 0.5) is 0 Å². The summed E-state index contributed by atoms with van der Waals surface area (Å²) in [7, 11) is 0. The summed E-state index contributed by atoms with van der Waals surface area (Å²) < 4.78 is 0. The van der Waals surface area contributed by atoms with Gasteiger partial charge in [0, 0.05) is 37.7 Å². The first kappa shape index (κ1) is 22.1. The molecular formula is C25H25N5O3. The van der Waals surface area contributed by atoms with Gasteiger partial charge in [-0.2, -0.15) is 0 Å². The van der Waals surface area contributed by atoms with Crippen LogP contribution in [0.5, 0.6) is 0 Å². The molecule has 1 aliphatic heterocycles. The van der Waals surface area contributed by atoms with Gasteiger partial charge in [0.15, 0.2) is 5.82 Å². The van der Waals surface area contributed by atoms with Gasteiger partial charge in [0.05, 0.1) is 11.3 Å². The topological polar surface area (TPSA) is 113 Å². The molecule has 1 aliphatic rings. The molecule has 2 aromatic carbocycles. The highest BCUT2D eigenvalue weighted by atomic mass is 16.2. The van der Waals surface area contributed by atoms with Crippen LogP contribution in [0, 0.1) is 0 Å². The van der Waals surface area contributed by atoms with Crippen LogP contribution in [0.15, 0.2) is 66.9 Å². The summed E-state index contributed by atoms with van der Waals surface area (Å²) >= 11 is 0. The molecule has 0 saturated carbocycles. The zero-order chi connectivity index (χ0) is 23.0. The molecule has 1 fully saturated rings. The molecular weight excluding hydrogens is 418 g/mol. The Morgan fingerprint density at radius 3 is 2.42 bits per heavy atom. The van der Waals surface area contributed by atoms with E-state index in [0.29, 0.717) is 42.9 Å². The lowest BCUT2D eigenvalue weighted by Gasteiger charge is -2.13. The largest absolute Gasteiger partial charge is 0.354 e. The number of nitrogens with zero attached hydrogens (tertiary/aromatic N) is 2. The van der Waals surface area contributed by atoms with Crippen LogP contribution in [-0.2, 0) is 22.6 Å². The third-order valence-corrected chi connectivity index (χ3v) is 5.41. The summed E-state index contributed by atoms with van der Waals surface area (Å²) in [6.45, 7) is 0.674. The van der Waals surface area contributed by atoms with Crippen LogP contribution in [0.25, 0.3) is 11.4 Å². The Hall–Kier alpha value is -4.07. The molecule has 1 aromatic heterocycles. The SMILES string of the molecule is O=C1CC[C@@H](C(=O)NCCc2nc(-c3ccccc3)ncc2C(=O)NCc2ccccc2)N1. The molecule has 0 radical (unpaired) electrons. The normalized spacial score (nSPS) is 15.0. The van der Waals surface area contributed by atoms with Crippen LogP contribution in [0.3, 0.4) is 0 Å². The molecule has 0 aliphatic carbocycles. The predicted octanol–water partition coefficient (Wildman–Crippen LogP) is 2.01. The van der Waals surface area contributed by atoms with E-state index in [-0.39, 0.29) is 24.3 Å². The molecule has 4 rings (SSSR count). The van der Waals surface area contributed by atoms with Crippen molar-refractivity contribution in [3.63, 3.8) is 0 Å². The molecule has 168 valence electrons. The lowest BCUT2D eigenvalue weighted by atomic mass is 10.1. The van der Waals surface area contributed by atoms with E-state index in [1.165, 1.54) is 6.20 Å². The van der Waals surface area contributed by atoms with Crippen molar-refractivity contribution < 1.29 is 14.4 Å². The molecule has 1 atom stereocenters. The Balaban J connectivity index is 1.48. The van der Waals surface area contributed by atoms with Crippen molar-refractivity contribution in [1.82, 2.24) is 25.9 Å². The number of amides is 3. The van der Waals surface area contributed by atoms with Gasteiger partial charge in [0.25, 0.3) is 5.91 Å². The van der Waals surface area contributed by atoms with E-state index in [1.807, 2.05) is 60.7 Å². The van der Waals surface area contributed by atoms with E-state index >= 15 is 0 Å². The molecule has 8 heteroatoms. The lowest BCUT2D eigenvalue weighted by Crippen LogP contribution is -2.42. The van der Waals surface area contributed by atoms with E-state index in [4.69, 9.17) is 0 Å². The Bertz CT molecular complexity index is 1140. The fourth-order valence-electron chi connectivity index (χ4n) is 3.64. The second kappa shape index (κ2) is 10.5. The van der Waals surface area contributed by atoms with Gasteiger partial charge < -0.3 is 16.0 Å². The van der Waals surface area contributed by atoms with Gasteiger partial charge in [-0.25, -0.2) is 9.97 Å². The van der Waals surface area contributed by atoms with Gasteiger partial charge in [-0.05, 0) is 12.0 Å². The molecule has 3 aromatic rings. The molecule has 3 N–H and O–H groups in total. The maximum absolute atomic E-state index is 12.9. The van der Waals surface area contributed by atoms with E-state index in [1.54, 1.807) is 0 Å².